The molecule has 3 aliphatic rings. The smallest absolute Gasteiger partial charge is 0.0936 e. The van der Waals surface area contributed by atoms with Crippen LogP contribution in [0.2, 0.25) is 0 Å². The molecule has 0 bridgehead atoms. The number of hydrogen-bond donors (Lipinski definition) is 1. The Morgan fingerprint density at radius 2 is 2.18 bits per heavy atom. The number of rotatable bonds is 0. The van der Waals surface area contributed by atoms with Gasteiger partial charge in [-0.15, -0.1) is 0 Å². The molecule has 0 aliphatic carbocycles. The first kappa shape index (κ1) is 12.8. The summed E-state index contributed by atoms with van der Waals surface area (Å²) in [5.74, 6) is 1.91. The second kappa shape index (κ2) is 4.63. The molecule has 1 fully saturated rings. The van der Waals surface area contributed by atoms with E-state index in [0.29, 0.717) is 12.0 Å². The zero-order valence-electron chi connectivity index (χ0n) is 13.1. The molecule has 1 saturated heterocycles. The summed E-state index contributed by atoms with van der Waals surface area (Å²) in [6.45, 7) is 5.31. The van der Waals surface area contributed by atoms with E-state index in [4.69, 9.17) is 4.74 Å². The van der Waals surface area contributed by atoms with Crippen LogP contribution in [0.4, 0.5) is 0 Å². The van der Waals surface area contributed by atoms with Crippen LogP contribution in [0.25, 0.3) is 10.9 Å². The summed E-state index contributed by atoms with van der Waals surface area (Å²) in [5.41, 5.74) is 5.91. The minimum atomic E-state index is 0.566. The fraction of sp³-hybridized carbons (Fsp3) is 0.474. The molecule has 0 radical (unpaired) electrons. The zero-order valence-corrected chi connectivity index (χ0v) is 13.1. The molecule has 2 atom stereocenters. The van der Waals surface area contributed by atoms with E-state index in [9.17, 15) is 0 Å². The van der Waals surface area contributed by atoms with Crippen molar-refractivity contribution in [3.63, 3.8) is 0 Å². The Morgan fingerprint density at radius 1 is 1.27 bits per heavy atom. The van der Waals surface area contributed by atoms with Crippen LogP contribution < -0.4 is 0 Å². The van der Waals surface area contributed by atoms with E-state index in [1.807, 2.05) is 0 Å². The van der Waals surface area contributed by atoms with Gasteiger partial charge in [0.2, 0.25) is 0 Å². The zero-order chi connectivity index (χ0) is 14.7. The number of para-hydroxylation sites is 1. The number of benzene rings is 1. The number of aromatic nitrogens is 1. The Bertz CT molecular complexity index is 773. The summed E-state index contributed by atoms with van der Waals surface area (Å²) in [6, 6.07) is 9.34. The van der Waals surface area contributed by atoms with E-state index in [1.54, 1.807) is 11.1 Å². The number of piperidine rings is 1. The van der Waals surface area contributed by atoms with E-state index >= 15 is 0 Å². The minimum absolute atomic E-state index is 0.566. The number of ether oxygens (including phenoxy) is 1. The van der Waals surface area contributed by atoms with Crippen molar-refractivity contribution >= 4 is 10.9 Å². The monoisotopic (exact) mass is 294 g/mol. The molecule has 1 aromatic heterocycles. The molecule has 0 amide bonds. The first-order chi connectivity index (χ1) is 10.8. The number of aromatic amines is 1. The lowest BCUT2D eigenvalue weighted by Gasteiger charge is -2.45. The maximum atomic E-state index is 5.79. The van der Waals surface area contributed by atoms with Gasteiger partial charge in [0, 0.05) is 29.7 Å². The van der Waals surface area contributed by atoms with Gasteiger partial charge in [-0.3, -0.25) is 4.90 Å². The number of nitrogens with zero attached hydrogens (tertiary/aromatic N) is 1. The lowest BCUT2D eigenvalue weighted by Crippen LogP contribution is -2.44. The second-order valence-corrected chi connectivity index (χ2v) is 6.95. The normalized spacial score (nSPS) is 28.0. The van der Waals surface area contributed by atoms with Gasteiger partial charge in [0.25, 0.3) is 0 Å². The third-order valence-corrected chi connectivity index (χ3v) is 5.88. The van der Waals surface area contributed by atoms with Gasteiger partial charge < -0.3 is 9.72 Å². The number of H-pyrrole nitrogens is 1. The fourth-order valence-corrected chi connectivity index (χ4v) is 4.72. The van der Waals surface area contributed by atoms with E-state index in [-0.39, 0.29) is 0 Å². The Labute approximate surface area is 131 Å². The SMILES string of the molecule is CC1=C2CN3CCc4c([nH]c5ccccc45)[C@@H]3C[C@@H]2CCO1. The average Bonchev–Trinajstić information content (AvgIpc) is 2.93. The highest BCUT2D eigenvalue weighted by atomic mass is 16.5. The molecular weight excluding hydrogens is 272 g/mol. The molecule has 4 heterocycles. The van der Waals surface area contributed by atoms with Crippen molar-refractivity contribution in [1.82, 2.24) is 9.88 Å². The predicted molar refractivity (Wildman–Crippen MR) is 87.7 cm³/mol. The van der Waals surface area contributed by atoms with Gasteiger partial charge in [-0.05, 0) is 49.3 Å². The van der Waals surface area contributed by atoms with Crippen molar-refractivity contribution < 1.29 is 4.74 Å². The number of hydrogen-bond acceptors (Lipinski definition) is 2. The molecule has 0 saturated carbocycles. The predicted octanol–water partition coefficient (Wildman–Crippen LogP) is 3.78. The van der Waals surface area contributed by atoms with Crippen LogP contribution in [0.15, 0.2) is 35.6 Å². The van der Waals surface area contributed by atoms with Crippen molar-refractivity contribution in [3.8, 4) is 0 Å². The third kappa shape index (κ3) is 1.72. The van der Waals surface area contributed by atoms with Crippen molar-refractivity contribution in [3.05, 3.63) is 46.9 Å². The fourth-order valence-electron chi connectivity index (χ4n) is 4.72. The van der Waals surface area contributed by atoms with Crippen LogP contribution in [0.5, 0.6) is 0 Å². The highest BCUT2D eigenvalue weighted by Gasteiger charge is 2.39. The quantitative estimate of drug-likeness (QED) is 0.801. The van der Waals surface area contributed by atoms with Gasteiger partial charge in [-0.25, -0.2) is 0 Å². The van der Waals surface area contributed by atoms with Gasteiger partial charge in [0.05, 0.1) is 18.4 Å². The van der Waals surface area contributed by atoms with Crippen LogP contribution in [-0.4, -0.2) is 29.6 Å². The second-order valence-electron chi connectivity index (χ2n) is 6.95. The molecule has 2 aromatic rings. The molecule has 0 unspecified atom stereocenters. The Balaban J connectivity index is 1.59. The number of fused-ring (bicyclic) bond motifs is 6. The summed E-state index contributed by atoms with van der Waals surface area (Å²) in [5, 5.41) is 1.43. The van der Waals surface area contributed by atoms with Crippen molar-refractivity contribution in [1.29, 1.82) is 0 Å². The summed E-state index contributed by atoms with van der Waals surface area (Å²) < 4.78 is 5.79. The molecule has 1 N–H and O–H groups in total. The molecule has 114 valence electrons. The summed E-state index contributed by atoms with van der Waals surface area (Å²) >= 11 is 0. The summed E-state index contributed by atoms with van der Waals surface area (Å²) in [4.78, 5) is 6.39. The number of allylic oxidation sites excluding steroid dienone is 1. The maximum absolute atomic E-state index is 5.79. The molecule has 0 spiro atoms. The topological polar surface area (TPSA) is 28.3 Å². The highest BCUT2D eigenvalue weighted by Crippen LogP contribution is 2.45. The average molecular weight is 294 g/mol. The lowest BCUT2D eigenvalue weighted by atomic mass is 9.79. The van der Waals surface area contributed by atoms with Crippen molar-refractivity contribution in [2.24, 2.45) is 5.92 Å². The van der Waals surface area contributed by atoms with Crippen LogP contribution in [0, 0.1) is 5.92 Å². The number of nitrogens with one attached hydrogen (secondary N) is 1. The van der Waals surface area contributed by atoms with Gasteiger partial charge in [0.15, 0.2) is 0 Å². The molecular formula is C19H22N2O. The Kier molecular flexibility index (Phi) is 2.68. The van der Waals surface area contributed by atoms with Gasteiger partial charge in [-0.1, -0.05) is 18.2 Å². The van der Waals surface area contributed by atoms with E-state index < -0.39 is 0 Å². The highest BCUT2D eigenvalue weighted by molar-refractivity contribution is 5.85. The largest absolute Gasteiger partial charge is 0.498 e. The molecule has 3 nitrogen and oxygen atoms in total. The first-order valence-corrected chi connectivity index (χ1v) is 8.47. The van der Waals surface area contributed by atoms with Gasteiger partial charge >= 0.3 is 0 Å². The Morgan fingerprint density at radius 3 is 3.14 bits per heavy atom. The summed E-state index contributed by atoms with van der Waals surface area (Å²) in [6.07, 6.45) is 3.59. The van der Waals surface area contributed by atoms with E-state index in [1.165, 1.54) is 41.7 Å². The van der Waals surface area contributed by atoms with Gasteiger partial charge in [-0.2, -0.15) is 0 Å². The Hall–Kier alpha value is -1.74. The molecule has 5 rings (SSSR count). The molecule has 3 heteroatoms. The van der Waals surface area contributed by atoms with Crippen LogP contribution in [0.1, 0.15) is 37.1 Å². The minimum Gasteiger partial charge on any atom is -0.498 e. The third-order valence-electron chi connectivity index (χ3n) is 5.88. The van der Waals surface area contributed by atoms with Crippen LogP contribution in [-0.2, 0) is 11.2 Å². The first-order valence-electron chi connectivity index (χ1n) is 8.47. The lowest BCUT2D eigenvalue weighted by molar-refractivity contribution is 0.0886. The van der Waals surface area contributed by atoms with E-state index in [2.05, 4.69) is 41.1 Å². The molecule has 3 aliphatic heterocycles. The summed E-state index contributed by atoms with van der Waals surface area (Å²) in [7, 11) is 0. The molecule has 22 heavy (non-hydrogen) atoms. The maximum Gasteiger partial charge on any atom is 0.0936 e. The standard InChI is InChI=1S/C19H22N2O/c1-12-16-11-21-8-6-15-14-4-2-3-5-17(14)20-19(15)18(21)10-13(16)7-9-22-12/h2-5,13,18,20H,6-11H2,1H3/t13-,18-/m0/s1. The van der Waals surface area contributed by atoms with Gasteiger partial charge in [0.1, 0.15) is 0 Å². The van der Waals surface area contributed by atoms with Crippen molar-refractivity contribution in [2.75, 3.05) is 19.7 Å². The van der Waals surface area contributed by atoms with E-state index in [0.717, 1.165) is 19.6 Å². The molecule has 1 aromatic carbocycles. The van der Waals surface area contributed by atoms with Crippen molar-refractivity contribution in [2.45, 2.75) is 32.2 Å². The van der Waals surface area contributed by atoms with Crippen LogP contribution in [0.3, 0.4) is 0 Å². The van der Waals surface area contributed by atoms with Crippen LogP contribution >= 0.6 is 0 Å².